The van der Waals surface area contributed by atoms with Gasteiger partial charge in [0.15, 0.2) is 0 Å². The second kappa shape index (κ2) is 7.13. The van der Waals surface area contributed by atoms with E-state index in [1.807, 2.05) is 0 Å². The Labute approximate surface area is 111 Å². The first-order valence-electron chi connectivity index (χ1n) is 7.78. The van der Waals surface area contributed by atoms with Gasteiger partial charge in [0.2, 0.25) is 5.91 Å². The van der Waals surface area contributed by atoms with Crippen LogP contribution in [0.15, 0.2) is 0 Å². The van der Waals surface area contributed by atoms with Gasteiger partial charge in [-0.3, -0.25) is 4.79 Å². The first-order valence-corrected chi connectivity index (χ1v) is 7.78. The highest BCUT2D eigenvalue weighted by Crippen LogP contribution is 2.27. The maximum absolute atomic E-state index is 11.1. The smallest absolute Gasteiger partial charge is 0.217 e. The summed E-state index contributed by atoms with van der Waals surface area (Å²) < 4.78 is 0. The van der Waals surface area contributed by atoms with E-state index in [9.17, 15) is 4.79 Å². The molecule has 1 heterocycles. The molecule has 0 aromatic heterocycles. The lowest BCUT2D eigenvalue weighted by molar-refractivity contribution is -0.119. The van der Waals surface area contributed by atoms with E-state index in [2.05, 4.69) is 4.90 Å². The molecule has 1 aliphatic heterocycles. The molecule has 2 fully saturated rings. The number of nitrogens with two attached hydrogens (primary N) is 1. The van der Waals surface area contributed by atoms with Gasteiger partial charge < -0.3 is 10.6 Å². The van der Waals surface area contributed by atoms with Crippen LogP contribution in [-0.4, -0.2) is 29.9 Å². The van der Waals surface area contributed by atoms with Gasteiger partial charge in [-0.15, -0.1) is 0 Å². The third-order valence-corrected chi connectivity index (χ3v) is 4.63. The summed E-state index contributed by atoms with van der Waals surface area (Å²) in [7, 11) is 0. The number of hydrogen-bond donors (Lipinski definition) is 1. The molecule has 0 aromatic carbocycles. The average Bonchev–Trinajstić information content (AvgIpc) is 2.27. The summed E-state index contributed by atoms with van der Waals surface area (Å²) in [6.45, 7) is 2.34. The van der Waals surface area contributed by atoms with Crippen molar-refractivity contribution in [2.75, 3.05) is 13.1 Å². The van der Waals surface area contributed by atoms with Crippen LogP contribution in [0.4, 0.5) is 0 Å². The van der Waals surface area contributed by atoms with Crippen LogP contribution in [0.3, 0.4) is 0 Å². The van der Waals surface area contributed by atoms with E-state index in [0.29, 0.717) is 12.3 Å². The lowest BCUT2D eigenvalue weighted by atomic mass is 9.90. The summed E-state index contributed by atoms with van der Waals surface area (Å²) in [5.41, 5.74) is 5.34. The Hall–Kier alpha value is -0.570. The van der Waals surface area contributed by atoms with Gasteiger partial charge in [0.25, 0.3) is 0 Å². The summed E-state index contributed by atoms with van der Waals surface area (Å²) in [4.78, 5) is 13.7. The predicted octanol–water partition coefficient (Wildman–Crippen LogP) is 2.69. The highest BCUT2D eigenvalue weighted by atomic mass is 16.1. The van der Waals surface area contributed by atoms with Gasteiger partial charge in [0.05, 0.1) is 0 Å². The first-order chi connectivity index (χ1) is 8.75. The van der Waals surface area contributed by atoms with E-state index >= 15 is 0 Å². The molecule has 0 aromatic rings. The second-order valence-electron chi connectivity index (χ2n) is 6.17. The molecular formula is C15H28N2O. The molecule has 0 spiro atoms. The van der Waals surface area contributed by atoms with Crippen LogP contribution in [0.1, 0.15) is 64.2 Å². The topological polar surface area (TPSA) is 46.3 Å². The van der Waals surface area contributed by atoms with Crippen molar-refractivity contribution in [3.8, 4) is 0 Å². The summed E-state index contributed by atoms with van der Waals surface area (Å²) in [5.74, 6) is 0.390. The van der Waals surface area contributed by atoms with Gasteiger partial charge in [-0.1, -0.05) is 32.1 Å². The molecule has 1 atom stereocenters. The lowest BCUT2D eigenvalue weighted by Gasteiger charge is -2.39. The number of carbonyl (C=O) groups excluding carboxylic acids is 1. The lowest BCUT2D eigenvalue weighted by Crippen LogP contribution is -2.43. The number of rotatable bonds is 3. The summed E-state index contributed by atoms with van der Waals surface area (Å²) in [5, 5.41) is 0. The van der Waals surface area contributed by atoms with Crippen molar-refractivity contribution in [1.29, 1.82) is 0 Å². The van der Waals surface area contributed by atoms with Crippen LogP contribution >= 0.6 is 0 Å². The minimum Gasteiger partial charge on any atom is -0.370 e. The third-order valence-electron chi connectivity index (χ3n) is 4.63. The molecular weight excluding hydrogens is 224 g/mol. The molecule has 0 bridgehead atoms. The zero-order valence-corrected chi connectivity index (χ0v) is 11.6. The fourth-order valence-electron chi connectivity index (χ4n) is 3.68. The largest absolute Gasteiger partial charge is 0.370 e. The number of amides is 1. The average molecular weight is 252 g/mol. The Morgan fingerprint density at radius 3 is 2.33 bits per heavy atom. The van der Waals surface area contributed by atoms with Crippen LogP contribution in [0.25, 0.3) is 0 Å². The highest BCUT2D eigenvalue weighted by Gasteiger charge is 2.26. The zero-order chi connectivity index (χ0) is 12.8. The molecule has 18 heavy (non-hydrogen) atoms. The molecule has 3 heteroatoms. The van der Waals surface area contributed by atoms with E-state index in [1.165, 1.54) is 64.3 Å². The normalized spacial score (nSPS) is 28.6. The molecule has 1 saturated carbocycles. The van der Waals surface area contributed by atoms with Gasteiger partial charge in [0, 0.05) is 19.0 Å². The SMILES string of the molecule is NC(=O)CC1CCCN(C2CCCCCCC2)C1. The minimum absolute atomic E-state index is 0.125. The zero-order valence-electron chi connectivity index (χ0n) is 11.6. The number of hydrogen-bond acceptors (Lipinski definition) is 2. The number of carbonyl (C=O) groups is 1. The molecule has 1 saturated heterocycles. The molecule has 1 unspecified atom stereocenters. The molecule has 3 nitrogen and oxygen atoms in total. The molecule has 1 amide bonds. The van der Waals surface area contributed by atoms with E-state index in [-0.39, 0.29) is 5.91 Å². The minimum atomic E-state index is -0.125. The maximum atomic E-state index is 11.1. The number of likely N-dealkylation sites (tertiary alicyclic amines) is 1. The van der Waals surface area contributed by atoms with Crippen molar-refractivity contribution < 1.29 is 4.79 Å². The number of nitrogens with zero attached hydrogens (tertiary/aromatic N) is 1. The van der Waals surface area contributed by atoms with Crippen molar-refractivity contribution in [2.24, 2.45) is 11.7 Å². The molecule has 2 N–H and O–H groups in total. The quantitative estimate of drug-likeness (QED) is 0.839. The fraction of sp³-hybridized carbons (Fsp3) is 0.933. The summed E-state index contributed by atoms with van der Waals surface area (Å²) in [6.07, 6.45) is 12.8. The number of primary amides is 1. The molecule has 2 aliphatic rings. The van der Waals surface area contributed by atoms with Crippen molar-refractivity contribution >= 4 is 5.91 Å². The van der Waals surface area contributed by atoms with Gasteiger partial charge >= 0.3 is 0 Å². The first kappa shape index (κ1) is 13.9. The van der Waals surface area contributed by atoms with Crippen molar-refractivity contribution in [3.63, 3.8) is 0 Å². The Morgan fingerprint density at radius 1 is 1.00 bits per heavy atom. The van der Waals surface area contributed by atoms with Crippen LogP contribution in [-0.2, 0) is 4.79 Å². The van der Waals surface area contributed by atoms with E-state index in [0.717, 1.165) is 12.6 Å². The van der Waals surface area contributed by atoms with E-state index in [1.54, 1.807) is 0 Å². The van der Waals surface area contributed by atoms with Gasteiger partial charge in [0.1, 0.15) is 0 Å². The summed E-state index contributed by atoms with van der Waals surface area (Å²) in [6, 6.07) is 0.779. The Kier molecular flexibility index (Phi) is 5.48. The Balaban J connectivity index is 1.84. The van der Waals surface area contributed by atoms with Crippen LogP contribution in [0, 0.1) is 5.92 Å². The van der Waals surface area contributed by atoms with Gasteiger partial charge in [-0.2, -0.15) is 0 Å². The maximum Gasteiger partial charge on any atom is 0.217 e. The molecule has 104 valence electrons. The fourth-order valence-corrected chi connectivity index (χ4v) is 3.68. The van der Waals surface area contributed by atoms with Crippen molar-refractivity contribution in [1.82, 2.24) is 4.90 Å². The standard InChI is InChI=1S/C15H28N2O/c16-15(18)11-13-7-6-10-17(12-13)14-8-4-2-1-3-5-9-14/h13-14H,1-12H2,(H2,16,18). The molecule has 2 rings (SSSR count). The summed E-state index contributed by atoms with van der Waals surface area (Å²) >= 11 is 0. The van der Waals surface area contributed by atoms with Crippen molar-refractivity contribution in [2.45, 2.75) is 70.3 Å². The Morgan fingerprint density at radius 2 is 1.67 bits per heavy atom. The second-order valence-corrected chi connectivity index (χ2v) is 6.17. The predicted molar refractivity (Wildman–Crippen MR) is 74.2 cm³/mol. The van der Waals surface area contributed by atoms with Crippen LogP contribution in [0.2, 0.25) is 0 Å². The van der Waals surface area contributed by atoms with Crippen LogP contribution in [0.5, 0.6) is 0 Å². The van der Waals surface area contributed by atoms with Gasteiger partial charge in [-0.25, -0.2) is 0 Å². The third kappa shape index (κ3) is 4.27. The highest BCUT2D eigenvalue weighted by molar-refractivity contribution is 5.74. The monoisotopic (exact) mass is 252 g/mol. The van der Waals surface area contributed by atoms with E-state index in [4.69, 9.17) is 5.73 Å². The number of piperidine rings is 1. The van der Waals surface area contributed by atoms with Gasteiger partial charge in [-0.05, 0) is 38.1 Å². The molecule has 0 radical (unpaired) electrons. The van der Waals surface area contributed by atoms with E-state index < -0.39 is 0 Å². The van der Waals surface area contributed by atoms with Crippen molar-refractivity contribution in [3.05, 3.63) is 0 Å². The Bertz CT molecular complexity index is 259. The molecule has 1 aliphatic carbocycles. The van der Waals surface area contributed by atoms with Crippen LogP contribution < -0.4 is 5.73 Å².